The van der Waals surface area contributed by atoms with E-state index in [0.29, 0.717) is 12.5 Å². The fraction of sp³-hybridized carbons (Fsp3) is 0.933. The smallest absolute Gasteiger partial charge is 0.303 e. The molecule has 2 unspecified atom stereocenters. The van der Waals surface area contributed by atoms with Gasteiger partial charge in [0, 0.05) is 19.0 Å². The minimum absolute atomic E-state index is 0.296. The largest absolute Gasteiger partial charge is 0.481 e. The van der Waals surface area contributed by atoms with Crippen LogP contribution in [0.15, 0.2) is 0 Å². The maximum atomic E-state index is 10.6. The van der Waals surface area contributed by atoms with E-state index in [9.17, 15) is 4.79 Å². The summed E-state index contributed by atoms with van der Waals surface area (Å²) in [6.45, 7) is 8.87. The lowest BCUT2D eigenvalue weighted by molar-refractivity contribution is -0.137. The second-order valence-corrected chi connectivity index (χ2v) is 6.22. The molecule has 1 fully saturated rings. The number of aliphatic carboxylic acids is 1. The monoisotopic (exact) mass is 255 g/mol. The summed E-state index contributed by atoms with van der Waals surface area (Å²) >= 11 is 0. The van der Waals surface area contributed by atoms with Gasteiger partial charge in [-0.1, -0.05) is 19.8 Å². The summed E-state index contributed by atoms with van der Waals surface area (Å²) in [5.74, 6) is 1.02. The molecule has 0 aromatic heterocycles. The molecule has 106 valence electrons. The Balaban J connectivity index is 2.34. The average Bonchev–Trinajstić information content (AvgIpc) is 2.27. The van der Waals surface area contributed by atoms with Crippen LogP contribution in [0.5, 0.6) is 0 Å². The first-order valence-corrected chi connectivity index (χ1v) is 7.45. The molecule has 1 aliphatic rings. The highest BCUT2D eigenvalue weighted by atomic mass is 16.4. The molecule has 0 spiro atoms. The van der Waals surface area contributed by atoms with E-state index in [-0.39, 0.29) is 0 Å². The molecule has 0 heterocycles. The Kier molecular flexibility index (Phi) is 6.69. The van der Waals surface area contributed by atoms with Crippen molar-refractivity contribution in [2.45, 2.75) is 65.3 Å². The number of rotatable bonds is 7. The van der Waals surface area contributed by atoms with E-state index in [4.69, 9.17) is 5.11 Å². The van der Waals surface area contributed by atoms with Gasteiger partial charge in [-0.05, 0) is 51.5 Å². The van der Waals surface area contributed by atoms with Crippen molar-refractivity contribution in [1.29, 1.82) is 0 Å². The van der Waals surface area contributed by atoms with E-state index in [1.54, 1.807) is 0 Å². The maximum Gasteiger partial charge on any atom is 0.303 e. The normalized spacial score (nSPS) is 24.7. The van der Waals surface area contributed by atoms with Gasteiger partial charge in [0.1, 0.15) is 0 Å². The van der Waals surface area contributed by atoms with Crippen LogP contribution in [-0.2, 0) is 4.79 Å². The van der Waals surface area contributed by atoms with Crippen LogP contribution in [-0.4, -0.2) is 35.1 Å². The third kappa shape index (κ3) is 5.85. The van der Waals surface area contributed by atoms with Gasteiger partial charge < -0.3 is 10.0 Å². The molecule has 0 aromatic rings. The van der Waals surface area contributed by atoms with Crippen molar-refractivity contribution in [3.8, 4) is 0 Å². The molecule has 0 aliphatic heterocycles. The van der Waals surface area contributed by atoms with Crippen LogP contribution in [0.2, 0.25) is 0 Å². The van der Waals surface area contributed by atoms with Crippen molar-refractivity contribution < 1.29 is 9.90 Å². The summed E-state index contributed by atoms with van der Waals surface area (Å²) < 4.78 is 0. The topological polar surface area (TPSA) is 40.5 Å². The highest BCUT2D eigenvalue weighted by Gasteiger charge is 2.22. The molecule has 18 heavy (non-hydrogen) atoms. The van der Waals surface area contributed by atoms with Gasteiger partial charge in [-0.15, -0.1) is 0 Å². The Morgan fingerprint density at radius 2 is 2.11 bits per heavy atom. The minimum atomic E-state index is -0.676. The van der Waals surface area contributed by atoms with Gasteiger partial charge in [-0.3, -0.25) is 4.79 Å². The second-order valence-electron chi connectivity index (χ2n) is 6.22. The zero-order valence-electron chi connectivity index (χ0n) is 12.2. The summed E-state index contributed by atoms with van der Waals surface area (Å²) in [5, 5.41) is 8.70. The van der Waals surface area contributed by atoms with Crippen LogP contribution < -0.4 is 0 Å². The van der Waals surface area contributed by atoms with Gasteiger partial charge in [0.25, 0.3) is 0 Å². The number of hydrogen-bond acceptors (Lipinski definition) is 2. The second kappa shape index (κ2) is 7.78. The fourth-order valence-electron chi connectivity index (χ4n) is 3.05. The average molecular weight is 255 g/mol. The van der Waals surface area contributed by atoms with E-state index < -0.39 is 5.97 Å². The first-order chi connectivity index (χ1) is 8.49. The fourth-order valence-corrected chi connectivity index (χ4v) is 3.05. The van der Waals surface area contributed by atoms with Crippen molar-refractivity contribution >= 4 is 5.97 Å². The van der Waals surface area contributed by atoms with E-state index in [1.165, 1.54) is 25.7 Å². The number of carbonyl (C=O) groups is 1. The predicted molar refractivity (Wildman–Crippen MR) is 74.7 cm³/mol. The van der Waals surface area contributed by atoms with Crippen LogP contribution in [0.25, 0.3) is 0 Å². The first kappa shape index (κ1) is 15.5. The molecule has 1 saturated carbocycles. The Labute approximate surface area is 112 Å². The molecule has 0 bridgehead atoms. The number of nitrogens with zero attached hydrogens (tertiary/aromatic N) is 1. The molecule has 3 nitrogen and oxygen atoms in total. The third-order valence-corrected chi connectivity index (χ3v) is 4.10. The summed E-state index contributed by atoms with van der Waals surface area (Å²) in [6, 6.07) is 0.524. The van der Waals surface area contributed by atoms with Crippen molar-refractivity contribution in [1.82, 2.24) is 4.90 Å². The van der Waals surface area contributed by atoms with E-state index in [0.717, 1.165) is 31.3 Å². The zero-order valence-corrected chi connectivity index (χ0v) is 12.2. The van der Waals surface area contributed by atoms with Gasteiger partial charge >= 0.3 is 5.97 Å². The predicted octanol–water partition coefficient (Wildman–Crippen LogP) is 3.39. The SMILES string of the molecule is CC1CCCC(CN(CCCC(=O)O)C(C)C)C1. The van der Waals surface area contributed by atoms with Gasteiger partial charge in [0.2, 0.25) is 0 Å². The van der Waals surface area contributed by atoms with Crippen LogP contribution in [0.4, 0.5) is 0 Å². The van der Waals surface area contributed by atoms with Crippen molar-refractivity contribution in [3.05, 3.63) is 0 Å². The van der Waals surface area contributed by atoms with Crippen molar-refractivity contribution in [3.63, 3.8) is 0 Å². The lowest BCUT2D eigenvalue weighted by Gasteiger charge is -2.34. The quantitative estimate of drug-likeness (QED) is 0.758. The third-order valence-electron chi connectivity index (χ3n) is 4.10. The lowest BCUT2D eigenvalue weighted by Crippen LogP contribution is -2.37. The maximum absolute atomic E-state index is 10.6. The molecule has 2 atom stereocenters. The molecular weight excluding hydrogens is 226 g/mol. The first-order valence-electron chi connectivity index (χ1n) is 7.45. The van der Waals surface area contributed by atoms with Crippen LogP contribution >= 0.6 is 0 Å². The summed E-state index contributed by atoms with van der Waals surface area (Å²) in [4.78, 5) is 13.0. The zero-order chi connectivity index (χ0) is 13.5. The number of hydrogen-bond donors (Lipinski definition) is 1. The summed E-state index contributed by atoms with van der Waals surface area (Å²) in [6.07, 6.45) is 6.53. The highest BCUT2D eigenvalue weighted by Crippen LogP contribution is 2.29. The summed E-state index contributed by atoms with van der Waals surface area (Å²) in [7, 11) is 0. The molecule has 1 aliphatic carbocycles. The van der Waals surface area contributed by atoms with Crippen molar-refractivity contribution in [2.24, 2.45) is 11.8 Å². The number of carboxylic acids is 1. The molecule has 0 radical (unpaired) electrons. The highest BCUT2D eigenvalue weighted by molar-refractivity contribution is 5.66. The van der Waals surface area contributed by atoms with Crippen LogP contribution in [0, 0.1) is 11.8 Å². The van der Waals surface area contributed by atoms with Gasteiger partial charge in [-0.2, -0.15) is 0 Å². The molecule has 1 rings (SSSR count). The lowest BCUT2D eigenvalue weighted by atomic mass is 9.82. The Morgan fingerprint density at radius 1 is 1.39 bits per heavy atom. The Bertz CT molecular complexity index is 253. The number of carboxylic acid groups (broad SMARTS) is 1. The van der Waals surface area contributed by atoms with Crippen LogP contribution in [0.1, 0.15) is 59.3 Å². The van der Waals surface area contributed by atoms with Gasteiger partial charge in [0.15, 0.2) is 0 Å². The molecular formula is C15H29NO2. The van der Waals surface area contributed by atoms with Crippen LogP contribution in [0.3, 0.4) is 0 Å². The van der Waals surface area contributed by atoms with Gasteiger partial charge in [0.05, 0.1) is 0 Å². The molecule has 0 amide bonds. The van der Waals surface area contributed by atoms with E-state index in [1.807, 2.05) is 0 Å². The molecule has 0 saturated heterocycles. The summed E-state index contributed by atoms with van der Waals surface area (Å²) in [5.41, 5.74) is 0. The Morgan fingerprint density at radius 3 is 2.67 bits per heavy atom. The standard InChI is InChI=1S/C15H29NO2/c1-12(2)16(9-5-8-15(17)18)11-14-7-4-6-13(3)10-14/h12-14H,4-11H2,1-3H3,(H,17,18). The van der Waals surface area contributed by atoms with Gasteiger partial charge in [-0.25, -0.2) is 0 Å². The van der Waals surface area contributed by atoms with E-state index in [2.05, 4.69) is 25.7 Å². The van der Waals surface area contributed by atoms with E-state index >= 15 is 0 Å². The molecule has 1 N–H and O–H groups in total. The molecule has 0 aromatic carbocycles. The molecule has 3 heteroatoms. The minimum Gasteiger partial charge on any atom is -0.481 e. The van der Waals surface area contributed by atoms with Crippen molar-refractivity contribution in [2.75, 3.05) is 13.1 Å². The Hall–Kier alpha value is -0.570.